The number of amides is 3. The standard InChI is InChI=1S/C28H28N2O5/c1-17(2)26(19-11-12-22-23(16-19)35-15-14-34-22)29-24(31)10-5-13-30-27(32)20-8-3-6-18-7-4-9-21(25(18)20)28(30)33/h3-4,6-9,11-12,16-17,26H,5,10,13-15H2,1-2H3,(H,29,31). The van der Waals surface area contributed by atoms with E-state index in [4.69, 9.17) is 9.47 Å². The van der Waals surface area contributed by atoms with E-state index in [2.05, 4.69) is 5.32 Å². The average Bonchev–Trinajstić information content (AvgIpc) is 2.87. The fourth-order valence-electron chi connectivity index (χ4n) is 4.82. The Morgan fingerprint density at radius 2 is 1.60 bits per heavy atom. The van der Waals surface area contributed by atoms with Crippen LogP contribution < -0.4 is 14.8 Å². The molecule has 1 N–H and O–H groups in total. The van der Waals surface area contributed by atoms with Crippen LogP contribution >= 0.6 is 0 Å². The second kappa shape index (κ2) is 9.41. The van der Waals surface area contributed by atoms with E-state index in [-0.39, 0.29) is 42.6 Å². The third kappa shape index (κ3) is 4.34. The van der Waals surface area contributed by atoms with Crippen molar-refractivity contribution in [3.8, 4) is 11.5 Å². The van der Waals surface area contributed by atoms with Crippen molar-refractivity contribution < 1.29 is 23.9 Å². The molecule has 2 heterocycles. The van der Waals surface area contributed by atoms with Crippen molar-refractivity contribution in [3.05, 3.63) is 71.3 Å². The predicted octanol–water partition coefficient (Wildman–Crippen LogP) is 4.50. The highest BCUT2D eigenvalue weighted by Gasteiger charge is 2.32. The Morgan fingerprint density at radius 1 is 0.943 bits per heavy atom. The lowest BCUT2D eigenvalue weighted by Crippen LogP contribution is -2.41. The van der Waals surface area contributed by atoms with E-state index in [1.807, 2.05) is 56.3 Å². The summed E-state index contributed by atoms with van der Waals surface area (Å²) in [7, 11) is 0. The van der Waals surface area contributed by atoms with Crippen LogP contribution in [0.2, 0.25) is 0 Å². The summed E-state index contributed by atoms with van der Waals surface area (Å²) >= 11 is 0. The number of benzene rings is 3. The first-order valence-corrected chi connectivity index (χ1v) is 12.0. The number of nitrogens with one attached hydrogen (secondary N) is 1. The molecule has 0 fully saturated rings. The van der Waals surface area contributed by atoms with Crippen LogP contribution in [-0.2, 0) is 4.79 Å². The lowest BCUT2D eigenvalue weighted by atomic mass is 9.94. The minimum Gasteiger partial charge on any atom is -0.486 e. The van der Waals surface area contributed by atoms with Crippen LogP contribution in [0.15, 0.2) is 54.6 Å². The lowest BCUT2D eigenvalue weighted by molar-refractivity contribution is -0.122. The molecule has 2 aliphatic rings. The summed E-state index contributed by atoms with van der Waals surface area (Å²) in [5.41, 5.74) is 2.00. The van der Waals surface area contributed by atoms with Gasteiger partial charge in [0.05, 0.1) is 6.04 Å². The van der Waals surface area contributed by atoms with E-state index < -0.39 is 0 Å². The van der Waals surface area contributed by atoms with E-state index in [0.29, 0.717) is 47.6 Å². The normalized spacial score (nSPS) is 15.5. The van der Waals surface area contributed by atoms with Crippen LogP contribution in [0.25, 0.3) is 10.8 Å². The molecule has 1 unspecified atom stereocenters. The third-order valence-corrected chi connectivity index (χ3v) is 6.55. The van der Waals surface area contributed by atoms with Gasteiger partial charge >= 0.3 is 0 Å². The summed E-state index contributed by atoms with van der Waals surface area (Å²) in [4.78, 5) is 40.2. The molecule has 0 saturated carbocycles. The molecule has 1 atom stereocenters. The van der Waals surface area contributed by atoms with Gasteiger partial charge in [0, 0.05) is 29.5 Å². The van der Waals surface area contributed by atoms with Crippen molar-refractivity contribution in [2.24, 2.45) is 5.92 Å². The highest BCUT2D eigenvalue weighted by molar-refractivity contribution is 6.25. The molecule has 3 aromatic carbocycles. The number of carbonyl (C=O) groups is 3. The van der Waals surface area contributed by atoms with Gasteiger partial charge in [-0.2, -0.15) is 0 Å². The van der Waals surface area contributed by atoms with Crippen LogP contribution in [0.3, 0.4) is 0 Å². The molecule has 2 aliphatic heterocycles. The SMILES string of the molecule is CC(C)C(NC(=O)CCCN1C(=O)c2cccc3cccc(c23)C1=O)c1ccc2c(c1)OCCO2. The van der Waals surface area contributed by atoms with Crippen LogP contribution in [0.5, 0.6) is 11.5 Å². The van der Waals surface area contributed by atoms with Gasteiger partial charge in [-0.25, -0.2) is 0 Å². The van der Waals surface area contributed by atoms with E-state index in [1.54, 1.807) is 12.1 Å². The molecule has 0 saturated heterocycles. The van der Waals surface area contributed by atoms with Crippen LogP contribution in [0.4, 0.5) is 0 Å². The summed E-state index contributed by atoms with van der Waals surface area (Å²) in [6.45, 7) is 5.31. The minimum absolute atomic E-state index is 0.127. The zero-order chi connectivity index (χ0) is 24.5. The largest absolute Gasteiger partial charge is 0.486 e. The summed E-state index contributed by atoms with van der Waals surface area (Å²) in [5, 5.41) is 4.69. The van der Waals surface area contributed by atoms with Gasteiger partial charge in [-0.15, -0.1) is 0 Å². The fourth-order valence-corrected chi connectivity index (χ4v) is 4.82. The van der Waals surface area contributed by atoms with Gasteiger partial charge in [0.15, 0.2) is 11.5 Å². The Hall–Kier alpha value is -3.87. The molecule has 35 heavy (non-hydrogen) atoms. The van der Waals surface area contributed by atoms with Crippen molar-refractivity contribution in [3.63, 3.8) is 0 Å². The Kier molecular flexibility index (Phi) is 6.16. The van der Waals surface area contributed by atoms with Crippen LogP contribution in [0.1, 0.15) is 59.0 Å². The highest BCUT2D eigenvalue weighted by atomic mass is 16.6. The number of hydrogen-bond donors (Lipinski definition) is 1. The fraction of sp³-hybridized carbons (Fsp3) is 0.321. The Bertz CT molecular complexity index is 1270. The summed E-state index contributed by atoms with van der Waals surface area (Å²) in [5.74, 6) is 0.807. The van der Waals surface area contributed by atoms with Gasteiger partial charge in [0.2, 0.25) is 5.91 Å². The molecule has 7 heteroatoms. The molecule has 180 valence electrons. The minimum atomic E-state index is -0.309. The van der Waals surface area contributed by atoms with Crippen molar-refractivity contribution in [1.82, 2.24) is 10.2 Å². The first kappa shape index (κ1) is 22.9. The zero-order valence-electron chi connectivity index (χ0n) is 19.9. The molecule has 5 rings (SSSR count). The van der Waals surface area contributed by atoms with Gasteiger partial charge < -0.3 is 14.8 Å². The Morgan fingerprint density at radius 3 is 2.26 bits per heavy atom. The molecule has 0 radical (unpaired) electrons. The second-order valence-corrected chi connectivity index (χ2v) is 9.27. The highest BCUT2D eigenvalue weighted by Crippen LogP contribution is 2.34. The molecule has 3 aromatic rings. The second-order valence-electron chi connectivity index (χ2n) is 9.27. The topological polar surface area (TPSA) is 84.9 Å². The number of ether oxygens (including phenoxy) is 2. The number of carbonyl (C=O) groups excluding carboxylic acids is 3. The van der Waals surface area contributed by atoms with Gasteiger partial charge in [-0.3, -0.25) is 19.3 Å². The van der Waals surface area contributed by atoms with Gasteiger partial charge in [-0.05, 0) is 47.6 Å². The van der Waals surface area contributed by atoms with Crippen molar-refractivity contribution in [1.29, 1.82) is 0 Å². The molecule has 3 amide bonds. The molecular formula is C28H28N2O5. The molecule has 7 nitrogen and oxygen atoms in total. The molecular weight excluding hydrogens is 444 g/mol. The molecule has 0 spiro atoms. The van der Waals surface area contributed by atoms with Crippen molar-refractivity contribution >= 4 is 28.5 Å². The number of fused-ring (bicyclic) bond motifs is 1. The Labute approximate surface area is 204 Å². The monoisotopic (exact) mass is 472 g/mol. The summed E-state index contributed by atoms with van der Waals surface area (Å²) in [6.07, 6.45) is 0.587. The third-order valence-electron chi connectivity index (χ3n) is 6.55. The number of imide groups is 1. The first-order valence-electron chi connectivity index (χ1n) is 12.0. The molecule has 0 aromatic heterocycles. The zero-order valence-corrected chi connectivity index (χ0v) is 19.9. The van der Waals surface area contributed by atoms with Crippen molar-refractivity contribution in [2.45, 2.75) is 32.7 Å². The maximum Gasteiger partial charge on any atom is 0.261 e. The lowest BCUT2D eigenvalue weighted by Gasteiger charge is -2.27. The summed E-state index contributed by atoms with van der Waals surface area (Å²) < 4.78 is 11.3. The number of rotatable bonds is 7. The molecule has 0 bridgehead atoms. The molecule has 0 aliphatic carbocycles. The first-order chi connectivity index (χ1) is 16.9. The maximum absolute atomic E-state index is 13.0. The van der Waals surface area contributed by atoms with E-state index in [0.717, 1.165) is 10.9 Å². The average molecular weight is 473 g/mol. The smallest absolute Gasteiger partial charge is 0.261 e. The Balaban J connectivity index is 1.23. The van der Waals surface area contributed by atoms with E-state index in [1.165, 1.54) is 4.90 Å². The van der Waals surface area contributed by atoms with E-state index in [9.17, 15) is 14.4 Å². The van der Waals surface area contributed by atoms with Crippen LogP contribution in [0, 0.1) is 5.92 Å². The van der Waals surface area contributed by atoms with Gasteiger partial charge in [-0.1, -0.05) is 44.2 Å². The van der Waals surface area contributed by atoms with Crippen LogP contribution in [-0.4, -0.2) is 42.4 Å². The van der Waals surface area contributed by atoms with E-state index >= 15 is 0 Å². The quantitative estimate of drug-likeness (QED) is 0.512. The van der Waals surface area contributed by atoms with Crippen molar-refractivity contribution in [2.75, 3.05) is 19.8 Å². The van der Waals surface area contributed by atoms with Gasteiger partial charge in [0.1, 0.15) is 13.2 Å². The van der Waals surface area contributed by atoms with Gasteiger partial charge in [0.25, 0.3) is 11.8 Å². The number of nitrogens with zero attached hydrogens (tertiary/aromatic N) is 1. The maximum atomic E-state index is 13.0. The number of hydrogen-bond acceptors (Lipinski definition) is 5. The summed E-state index contributed by atoms with van der Waals surface area (Å²) in [6, 6.07) is 16.5. The predicted molar refractivity (Wildman–Crippen MR) is 132 cm³/mol.